The summed E-state index contributed by atoms with van der Waals surface area (Å²) < 4.78 is 0. The zero-order valence-electron chi connectivity index (χ0n) is 5.10. The molecule has 0 unspecified atom stereocenters. The van der Waals surface area contributed by atoms with Gasteiger partial charge in [-0.3, -0.25) is 0 Å². The van der Waals surface area contributed by atoms with E-state index in [0.717, 1.165) is 0 Å². The molecule has 0 aromatic rings. The Morgan fingerprint density at radius 2 is 1.20 bits per heavy atom. The van der Waals surface area contributed by atoms with Crippen LogP contribution >= 0.6 is 0 Å². The average Bonchev–Trinajstić information content (AvgIpc) is 1.25. The van der Waals surface area contributed by atoms with Gasteiger partial charge in [-0.05, 0) is 6.16 Å². The van der Waals surface area contributed by atoms with Crippen molar-refractivity contribution < 1.29 is 71.5 Å². The Hall–Kier alpha value is 1.37. The number of carbonyl (C=O) groups excluding carboxylic acids is 1. The van der Waals surface area contributed by atoms with Gasteiger partial charge in [0.1, 0.15) is 0 Å². The fourth-order valence-corrected chi connectivity index (χ4v) is 0. The summed E-state index contributed by atoms with van der Waals surface area (Å²) >= 11 is 0. The van der Waals surface area contributed by atoms with Crippen molar-refractivity contribution in [3.63, 3.8) is 0 Å². The first-order valence-corrected chi connectivity index (χ1v) is 1.16. The van der Waals surface area contributed by atoms with E-state index in [1.165, 1.54) is 0 Å². The van der Waals surface area contributed by atoms with E-state index in [-0.39, 0.29) is 89.1 Å². The summed E-state index contributed by atoms with van der Waals surface area (Å²) in [4.78, 5) is 16.6. The van der Waals surface area contributed by atoms with Crippen molar-refractivity contribution in [3.05, 3.63) is 15.3 Å². The summed E-state index contributed by atoms with van der Waals surface area (Å²) in [6, 6.07) is 0. The molecule has 0 spiro atoms. The van der Waals surface area contributed by atoms with Crippen LogP contribution in [0.25, 0.3) is 0 Å². The van der Waals surface area contributed by atoms with Crippen LogP contribution in [0.5, 0.6) is 0 Å². The molecule has 0 saturated heterocycles. The Morgan fingerprint density at radius 3 is 1.20 bits per heavy atom. The molecule has 7 nitrogen and oxygen atoms in total. The second kappa shape index (κ2) is 16.8. The van der Waals surface area contributed by atoms with Gasteiger partial charge in [0, 0.05) is 0 Å². The molecule has 0 fully saturated rings. The molecule has 0 saturated carbocycles. The fraction of sp³-hybridized carbons (Fsp3) is 0. The predicted octanol–water partition coefficient (Wildman–Crippen LogP) is -6.06. The first-order chi connectivity index (χ1) is 3.46. The Bertz CT molecular complexity index is 75.7. The minimum absolute atomic E-state index is 0. The number of carbonyl (C=O) groups is 1. The summed E-state index contributed by atoms with van der Waals surface area (Å²) in [5.41, 5.74) is 0. The molecule has 48 valence electrons. The Morgan fingerprint density at radius 1 is 1.20 bits per heavy atom. The molecular formula is CCaKNO6. The maximum Gasteiger partial charge on any atom is 2.00 e. The normalized spacial score (nSPS) is 4.80. The van der Waals surface area contributed by atoms with Crippen LogP contribution in [0.2, 0.25) is 0 Å². The minimum Gasteiger partial charge on any atom is -0.652 e. The molecule has 0 radical (unpaired) electrons. The first kappa shape index (κ1) is 22.5. The monoisotopic (exact) mass is 201 g/mol. The first-order valence-electron chi connectivity index (χ1n) is 1.16. The van der Waals surface area contributed by atoms with Gasteiger partial charge in [-0.1, -0.05) is 0 Å². The van der Waals surface area contributed by atoms with Gasteiger partial charge in [-0.15, -0.1) is 0 Å². The number of hydrogen-bond acceptors (Lipinski definition) is 6. The van der Waals surface area contributed by atoms with Crippen LogP contribution in [-0.2, 0) is 0 Å². The predicted molar refractivity (Wildman–Crippen MR) is 21.5 cm³/mol. The maximum atomic E-state index is 8.33. The number of hydrogen-bond donors (Lipinski definition) is 0. The largest absolute Gasteiger partial charge is 2.00 e. The van der Waals surface area contributed by atoms with E-state index in [1.807, 2.05) is 0 Å². The van der Waals surface area contributed by atoms with E-state index < -0.39 is 11.2 Å². The van der Waals surface area contributed by atoms with Gasteiger partial charge in [0.05, 0.1) is 5.09 Å². The van der Waals surface area contributed by atoms with Crippen LogP contribution in [-0.4, -0.2) is 49.0 Å². The van der Waals surface area contributed by atoms with E-state index in [9.17, 15) is 0 Å². The fourth-order valence-electron chi connectivity index (χ4n) is 0. The molecule has 0 atom stereocenters. The molecular weight excluding hydrogens is 201 g/mol. The average molecular weight is 201 g/mol. The van der Waals surface area contributed by atoms with Crippen LogP contribution in [0, 0.1) is 15.3 Å². The quantitative estimate of drug-likeness (QED) is 0.218. The van der Waals surface area contributed by atoms with Crippen molar-refractivity contribution in [3.8, 4) is 0 Å². The van der Waals surface area contributed by atoms with Crippen LogP contribution in [0.3, 0.4) is 0 Å². The Labute approximate surface area is 128 Å². The zero-order chi connectivity index (χ0) is 7.15. The van der Waals surface area contributed by atoms with Crippen molar-refractivity contribution >= 4 is 43.9 Å². The second-order valence-corrected chi connectivity index (χ2v) is 0.474. The van der Waals surface area contributed by atoms with Crippen LogP contribution in [0.4, 0.5) is 4.79 Å². The number of nitrogens with zero attached hydrogens (tertiary/aromatic N) is 1. The number of carboxylic acid groups (broad SMARTS) is 2. The van der Waals surface area contributed by atoms with Gasteiger partial charge in [0.15, 0.2) is 0 Å². The van der Waals surface area contributed by atoms with Crippen molar-refractivity contribution in [2.75, 3.05) is 0 Å². The van der Waals surface area contributed by atoms with E-state index in [4.69, 9.17) is 30.3 Å². The van der Waals surface area contributed by atoms with Gasteiger partial charge in [0.2, 0.25) is 0 Å². The van der Waals surface area contributed by atoms with E-state index in [1.54, 1.807) is 0 Å². The zero-order valence-corrected chi connectivity index (χ0v) is 10.4. The van der Waals surface area contributed by atoms with Gasteiger partial charge >= 0.3 is 89.1 Å². The van der Waals surface area contributed by atoms with Crippen LogP contribution in [0.15, 0.2) is 0 Å². The smallest absolute Gasteiger partial charge is 0.652 e. The third-order valence-corrected chi connectivity index (χ3v) is 0. The van der Waals surface area contributed by atoms with Crippen molar-refractivity contribution in [2.24, 2.45) is 0 Å². The summed E-state index contributed by atoms with van der Waals surface area (Å²) in [7, 11) is 0. The topological polar surface area (TPSA) is 129 Å². The Kier molecular flexibility index (Phi) is 37.7. The van der Waals surface area contributed by atoms with Crippen molar-refractivity contribution in [2.45, 2.75) is 0 Å². The molecule has 0 aromatic heterocycles. The van der Waals surface area contributed by atoms with Crippen molar-refractivity contribution in [1.29, 1.82) is 0 Å². The molecule has 0 aromatic carbocycles. The van der Waals surface area contributed by atoms with Gasteiger partial charge in [0.25, 0.3) is 0 Å². The van der Waals surface area contributed by atoms with Gasteiger partial charge in [-0.25, -0.2) is 0 Å². The Balaban J connectivity index is -0.0000000300. The van der Waals surface area contributed by atoms with Crippen LogP contribution < -0.4 is 61.6 Å². The number of rotatable bonds is 0. The van der Waals surface area contributed by atoms with E-state index >= 15 is 0 Å². The molecule has 0 N–H and O–H groups in total. The van der Waals surface area contributed by atoms with E-state index in [2.05, 4.69) is 0 Å². The summed E-state index contributed by atoms with van der Waals surface area (Å²) in [5, 5.41) is 31.4. The summed E-state index contributed by atoms with van der Waals surface area (Å²) in [6.45, 7) is 0. The molecule has 0 amide bonds. The molecule has 0 rings (SSSR count). The third-order valence-electron chi connectivity index (χ3n) is 0. The summed E-state index contributed by atoms with van der Waals surface area (Å²) in [5.74, 6) is 0. The van der Waals surface area contributed by atoms with Crippen LogP contribution in [0.1, 0.15) is 0 Å². The van der Waals surface area contributed by atoms with E-state index in [0.29, 0.717) is 0 Å². The van der Waals surface area contributed by atoms with Gasteiger partial charge in [-0.2, -0.15) is 0 Å². The molecule has 0 aliphatic carbocycles. The van der Waals surface area contributed by atoms with Gasteiger partial charge < -0.3 is 30.3 Å². The third kappa shape index (κ3) is 351. The molecule has 10 heavy (non-hydrogen) atoms. The molecule has 9 heteroatoms. The maximum absolute atomic E-state index is 8.33. The SMILES string of the molecule is O=C([O-])[O-].O=[N+]([O-])[O-].[Ca+2].[K+]. The second-order valence-electron chi connectivity index (χ2n) is 0.474. The van der Waals surface area contributed by atoms with Crippen molar-refractivity contribution in [1.82, 2.24) is 0 Å². The molecule has 0 bridgehead atoms. The molecule has 0 heterocycles. The summed E-state index contributed by atoms with van der Waals surface area (Å²) in [6.07, 6.45) is -2.33. The molecule has 0 aliphatic rings. The minimum atomic E-state index is -2.33. The standard InChI is InChI=1S/CH2O3.Ca.K.NO3/c2-1(3)4;;;2-1(3)4/h(H2,2,3,4);;;/q;+2;+1;-1/p-2. The molecule has 0 aliphatic heterocycles.